The van der Waals surface area contributed by atoms with E-state index in [-0.39, 0.29) is 23.5 Å². The number of sulfonamides is 1. The lowest BCUT2D eigenvalue weighted by atomic mass is 10.2. The Kier molecular flexibility index (Phi) is 7.63. The molecule has 1 unspecified atom stereocenters. The highest BCUT2D eigenvalue weighted by atomic mass is 32.2. The van der Waals surface area contributed by atoms with Gasteiger partial charge in [-0.1, -0.05) is 0 Å². The molecule has 1 saturated heterocycles. The number of ether oxygens (including phenoxy) is 2. The van der Waals surface area contributed by atoms with Crippen LogP contribution in [0.25, 0.3) is 0 Å². The van der Waals surface area contributed by atoms with Gasteiger partial charge in [0.2, 0.25) is 10.0 Å². The van der Waals surface area contributed by atoms with E-state index in [4.69, 9.17) is 15.2 Å². The molecule has 1 heterocycles. The lowest BCUT2D eigenvalue weighted by molar-refractivity contribution is -0.123. The molecule has 4 N–H and O–H groups in total. The summed E-state index contributed by atoms with van der Waals surface area (Å²) >= 11 is 0. The number of rotatable bonds is 7. The summed E-state index contributed by atoms with van der Waals surface area (Å²) in [5.41, 5.74) is 5.97. The number of morpholine rings is 1. The molecule has 0 radical (unpaired) electrons. The number of carbonyl (C=O) groups is 3. The van der Waals surface area contributed by atoms with Gasteiger partial charge in [0, 0.05) is 24.5 Å². The molecule has 0 saturated carbocycles. The van der Waals surface area contributed by atoms with Crippen LogP contribution in [0.5, 0.6) is 0 Å². The second-order valence-electron chi connectivity index (χ2n) is 7.14. The van der Waals surface area contributed by atoms with Crippen LogP contribution in [-0.4, -0.2) is 63.0 Å². The Morgan fingerprint density at radius 2 is 1.52 bits per heavy atom. The minimum absolute atomic E-state index is 0.108. The molecule has 3 rings (SSSR count). The summed E-state index contributed by atoms with van der Waals surface area (Å²) < 4.78 is 37.0. The second-order valence-corrected chi connectivity index (χ2v) is 9.08. The fourth-order valence-corrected chi connectivity index (χ4v) is 4.41. The van der Waals surface area contributed by atoms with Gasteiger partial charge in [-0.2, -0.15) is 4.31 Å². The smallest absolute Gasteiger partial charge is 0.338 e. The molecule has 1 fully saturated rings. The molecule has 11 nitrogen and oxygen atoms in total. The van der Waals surface area contributed by atoms with Crippen LogP contribution < -0.4 is 16.4 Å². The molecule has 12 heteroatoms. The molecular weight excluding hydrogens is 452 g/mol. The number of nitrogens with two attached hydrogens (primary N) is 1. The molecular formula is C21H24N4O7S. The number of primary amides is 1. The molecule has 176 valence electrons. The highest BCUT2D eigenvalue weighted by molar-refractivity contribution is 7.89. The second kappa shape index (κ2) is 10.4. The summed E-state index contributed by atoms with van der Waals surface area (Å²) in [5.74, 6) is -1.31. The van der Waals surface area contributed by atoms with Crippen molar-refractivity contribution < 1.29 is 32.3 Å². The molecule has 2 aromatic rings. The molecule has 1 atom stereocenters. The molecule has 33 heavy (non-hydrogen) atoms. The minimum atomic E-state index is -3.64. The van der Waals surface area contributed by atoms with Crippen molar-refractivity contribution >= 4 is 39.3 Å². The first-order chi connectivity index (χ1) is 15.7. The summed E-state index contributed by atoms with van der Waals surface area (Å²) in [6.07, 6.45) is -1.11. The van der Waals surface area contributed by atoms with E-state index in [9.17, 15) is 22.8 Å². The van der Waals surface area contributed by atoms with Gasteiger partial charge in [0.15, 0.2) is 6.10 Å². The molecule has 0 aliphatic carbocycles. The third kappa shape index (κ3) is 6.28. The number of nitrogens with one attached hydrogen (secondary N) is 2. The Labute approximate surface area is 190 Å². The van der Waals surface area contributed by atoms with Crippen molar-refractivity contribution in [2.45, 2.75) is 17.9 Å². The van der Waals surface area contributed by atoms with Crippen LogP contribution in [0.2, 0.25) is 0 Å². The number of hydrogen-bond donors (Lipinski definition) is 3. The molecule has 0 spiro atoms. The normalized spacial score (nSPS) is 15.3. The highest BCUT2D eigenvalue weighted by Crippen LogP contribution is 2.20. The first-order valence-electron chi connectivity index (χ1n) is 10.0. The lowest BCUT2D eigenvalue weighted by Crippen LogP contribution is -2.40. The van der Waals surface area contributed by atoms with Crippen molar-refractivity contribution in [3.05, 3.63) is 54.1 Å². The van der Waals surface area contributed by atoms with E-state index in [2.05, 4.69) is 10.6 Å². The number of amides is 3. The average molecular weight is 477 g/mol. The average Bonchev–Trinajstić information content (AvgIpc) is 2.80. The maximum Gasteiger partial charge on any atom is 0.338 e. The van der Waals surface area contributed by atoms with E-state index < -0.39 is 34.0 Å². The zero-order valence-electron chi connectivity index (χ0n) is 17.8. The Balaban J connectivity index is 1.57. The van der Waals surface area contributed by atoms with Crippen molar-refractivity contribution in [1.29, 1.82) is 0 Å². The largest absolute Gasteiger partial charge is 0.449 e. The predicted molar refractivity (Wildman–Crippen MR) is 119 cm³/mol. The monoisotopic (exact) mass is 476 g/mol. The summed E-state index contributed by atoms with van der Waals surface area (Å²) in [4.78, 5) is 35.6. The lowest BCUT2D eigenvalue weighted by Gasteiger charge is -2.26. The third-order valence-corrected chi connectivity index (χ3v) is 6.68. The van der Waals surface area contributed by atoms with Crippen LogP contribution >= 0.6 is 0 Å². The number of benzene rings is 2. The van der Waals surface area contributed by atoms with Crippen LogP contribution in [0.1, 0.15) is 17.3 Å². The van der Waals surface area contributed by atoms with Crippen molar-refractivity contribution in [2.24, 2.45) is 5.73 Å². The zero-order chi connectivity index (χ0) is 24.0. The standard InChI is InChI=1S/C21H24N4O7S/c1-14(32-20(27)15-2-4-17(5-3-15)24-21(22)28)19(26)23-16-6-8-18(9-7-16)33(29,30)25-10-12-31-13-11-25/h2-9,14H,10-13H2,1H3,(H,23,26)(H3,22,24,28). The van der Waals surface area contributed by atoms with Crippen LogP contribution in [0.4, 0.5) is 16.2 Å². The summed E-state index contributed by atoms with van der Waals surface area (Å²) in [7, 11) is -3.64. The molecule has 1 aliphatic rings. The van der Waals surface area contributed by atoms with E-state index in [1.165, 1.54) is 59.8 Å². The van der Waals surface area contributed by atoms with E-state index in [1.807, 2.05) is 0 Å². The van der Waals surface area contributed by atoms with Crippen molar-refractivity contribution in [2.75, 3.05) is 36.9 Å². The maximum absolute atomic E-state index is 12.7. The summed E-state index contributed by atoms with van der Waals surface area (Å²) in [6, 6.07) is 10.8. The van der Waals surface area contributed by atoms with Crippen molar-refractivity contribution in [1.82, 2.24) is 4.31 Å². The highest BCUT2D eigenvalue weighted by Gasteiger charge is 2.26. The quantitative estimate of drug-likeness (QED) is 0.510. The summed E-state index contributed by atoms with van der Waals surface area (Å²) in [6.45, 7) is 2.67. The Hall–Kier alpha value is -3.48. The fraction of sp³-hybridized carbons (Fsp3) is 0.286. The molecule has 3 amide bonds. The molecule has 1 aliphatic heterocycles. The van der Waals surface area contributed by atoms with Gasteiger partial charge in [-0.05, 0) is 55.5 Å². The number of urea groups is 1. The first-order valence-corrected chi connectivity index (χ1v) is 11.5. The van der Waals surface area contributed by atoms with E-state index >= 15 is 0 Å². The zero-order valence-corrected chi connectivity index (χ0v) is 18.6. The SMILES string of the molecule is CC(OC(=O)c1ccc(NC(N)=O)cc1)C(=O)Nc1ccc(S(=O)(=O)N2CCOCC2)cc1. The minimum Gasteiger partial charge on any atom is -0.449 e. The Morgan fingerprint density at radius 3 is 2.09 bits per heavy atom. The first kappa shape index (κ1) is 24.2. The topological polar surface area (TPSA) is 157 Å². The van der Waals surface area contributed by atoms with Gasteiger partial charge >= 0.3 is 12.0 Å². The van der Waals surface area contributed by atoms with Crippen LogP contribution in [0.3, 0.4) is 0 Å². The van der Waals surface area contributed by atoms with E-state index in [1.54, 1.807) is 0 Å². The van der Waals surface area contributed by atoms with E-state index in [0.29, 0.717) is 24.6 Å². The van der Waals surface area contributed by atoms with Gasteiger partial charge < -0.3 is 25.8 Å². The van der Waals surface area contributed by atoms with Gasteiger partial charge in [0.05, 0.1) is 23.7 Å². The third-order valence-electron chi connectivity index (χ3n) is 4.77. The Morgan fingerprint density at radius 1 is 0.970 bits per heavy atom. The van der Waals surface area contributed by atoms with Crippen LogP contribution in [0, 0.1) is 0 Å². The number of anilines is 2. The van der Waals surface area contributed by atoms with Crippen molar-refractivity contribution in [3.8, 4) is 0 Å². The van der Waals surface area contributed by atoms with Crippen LogP contribution in [-0.2, 0) is 24.3 Å². The van der Waals surface area contributed by atoms with Gasteiger partial charge in [0.1, 0.15) is 0 Å². The van der Waals surface area contributed by atoms with Crippen LogP contribution in [0.15, 0.2) is 53.4 Å². The maximum atomic E-state index is 12.7. The molecule has 2 aromatic carbocycles. The number of carbonyl (C=O) groups excluding carboxylic acids is 3. The Bertz CT molecular complexity index is 1110. The van der Waals surface area contributed by atoms with Gasteiger partial charge in [-0.25, -0.2) is 18.0 Å². The van der Waals surface area contributed by atoms with E-state index in [0.717, 1.165) is 0 Å². The summed E-state index contributed by atoms with van der Waals surface area (Å²) in [5, 5.41) is 4.95. The number of nitrogens with zero attached hydrogens (tertiary/aromatic N) is 1. The molecule has 0 aromatic heterocycles. The van der Waals surface area contributed by atoms with Gasteiger partial charge in [-0.15, -0.1) is 0 Å². The van der Waals surface area contributed by atoms with Gasteiger partial charge in [0.25, 0.3) is 5.91 Å². The number of esters is 1. The van der Waals surface area contributed by atoms with Gasteiger partial charge in [-0.3, -0.25) is 4.79 Å². The van der Waals surface area contributed by atoms with Crippen molar-refractivity contribution in [3.63, 3.8) is 0 Å². The predicted octanol–water partition coefficient (Wildman–Crippen LogP) is 1.38. The fourth-order valence-electron chi connectivity index (χ4n) is 3.00. The number of hydrogen-bond acceptors (Lipinski definition) is 7. The molecule has 0 bridgehead atoms.